The Morgan fingerprint density at radius 3 is 1.82 bits per heavy atom. The lowest BCUT2D eigenvalue weighted by molar-refractivity contribution is 1.17. The zero-order chi connectivity index (χ0) is 25.1. The summed E-state index contributed by atoms with van der Waals surface area (Å²) in [5, 5.41) is 3.70. The van der Waals surface area contributed by atoms with Crippen molar-refractivity contribution >= 4 is 53.4 Å². The van der Waals surface area contributed by atoms with Crippen LogP contribution in [0.2, 0.25) is 0 Å². The van der Waals surface area contributed by atoms with Gasteiger partial charge in [-0.05, 0) is 42.5 Å². The van der Waals surface area contributed by atoms with Crippen LogP contribution in [-0.4, -0.2) is 14.5 Å². The van der Waals surface area contributed by atoms with E-state index < -0.39 is 0 Å². The second kappa shape index (κ2) is 8.37. The molecule has 0 aliphatic carbocycles. The van der Waals surface area contributed by atoms with Gasteiger partial charge in [0.25, 0.3) is 0 Å². The van der Waals surface area contributed by atoms with E-state index in [4.69, 9.17) is 9.97 Å². The average molecular weight is 504 g/mol. The minimum Gasteiger partial charge on any atom is -0.309 e. The quantitative estimate of drug-likeness (QED) is 0.240. The molecule has 0 fully saturated rings. The van der Waals surface area contributed by atoms with Crippen molar-refractivity contribution in [1.29, 1.82) is 0 Å². The van der Waals surface area contributed by atoms with E-state index in [9.17, 15) is 0 Å². The molecule has 178 valence electrons. The van der Waals surface area contributed by atoms with Crippen LogP contribution < -0.4 is 0 Å². The summed E-state index contributed by atoms with van der Waals surface area (Å²) in [6.45, 7) is 0. The van der Waals surface area contributed by atoms with E-state index in [1.807, 2.05) is 6.07 Å². The Morgan fingerprint density at radius 2 is 1.11 bits per heavy atom. The number of rotatable bonds is 3. The van der Waals surface area contributed by atoms with E-state index in [-0.39, 0.29) is 0 Å². The zero-order valence-corrected chi connectivity index (χ0v) is 21.2. The highest BCUT2D eigenvalue weighted by atomic mass is 32.1. The van der Waals surface area contributed by atoms with Crippen molar-refractivity contribution in [3.05, 3.63) is 127 Å². The fourth-order valence-corrected chi connectivity index (χ4v) is 6.63. The van der Waals surface area contributed by atoms with Crippen LogP contribution in [0.15, 0.2) is 127 Å². The van der Waals surface area contributed by atoms with Gasteiger partial charge in [0.05, 0.1) is 26.9 Å². The summed E-state index contributed by atoms with van der Waals surface area (Å²) in [4.78, 5) is 10.2. The number of hydrogen-bond acceptors (Lipinski definition) is 3. The summed E-state index contributed by atoms with van der Waals surface area (Å²) in [7, 11) is 0. The Kier molecular flexibility index (Phi) is 4.69. The molecular formula is C34H21N3S. The van der Waals surface area contributed by atoms with Crippen LogP contribution >= 0.6 is 11.3 Å². The van der Waals surface area contributed by atoms with Crippen molar-refractivity contribution in [3.8, 4) is 28.3 Å². The van der Waals surface area contributed by atoms with Gasteiger partial charge < -0.3 is 4.57 Å². The maximum absolute atomic E-state index is 5.12. The summed E-state index contributed by atoms with van der Waals surface area (Å²) < 4.78 is 4.69. The van der Waals surface area contributed by atoms with Gasteiger partial charge >= 0.3 is 0 Å². The molecule has 0 spiro atoms. The second-order valence-electron chi connectivity index (χ2n) is 9.45. The first-order valence-electron chi connectivity index (χ1n) is 12.7. The van der Waals surface area contributed by atoms with Gasteiger partial charge in [0.15, 0.2) is 5.82 Å². The second-order valence-corrected chi connectivity index (χ2v) is 10.5. The van der Waals surface area contributed by atoms with Crippen molar-refractivity contribution in [3.63, 3.8) is 0 Å². The summed E-state index contributed by atoms with van der Waals surface area (Å²) in [5.74, 6) is 0.744. The Labute approximate surface area is 223 Å². The van der Waals surface area contributed by atoms with Crippen LogP contribution in [0.5, 0.6) is 0 Å². The van der Waals surface area contributed by atoms with Gasteiger partial charge in [0.1, 0.15) is 0 Å². The van der Waals surface area contributed by atoms with E-state index in [0.717, 1.165) is 38.5 Å². The number of nitrogens with zero attached hydrogens (tertiary/aromatic N) is 3. The lowest BCUT2D eigenvalue weighted by Crippen LogP contribution is -1.96. The van der Waals surface area contributed by atoms with Crippen LogP contribution in [0.3, 0.4) is 0 Å². The highest BCUT2D eigenvalue weighted by molar-refractivity contribution is 7.26. The number of aromatic nitrogens is 3. The van der Waals surface area contributed by atoms with Crippen LogP contribution in [-0.2, 0) is 0 Å². The third-order valence-corrected chi connectivity index (χ3v) is 8.40. The van der Waals surface area contributed by atoms with Gasteiger partial charge in [0.2, 0.25) is 0 Å². The Balaban J connectivity index is 1.32. The van der Waals surface area contributed by atoms with E-state index in [1.54, 1.807) is 11.3 Å². The monoisotopic (exact) mass is 503 g/mol. The fourth-order valence-electron chi connectivity index (χ4n) is 5.47. The van der Waals surface area contributed by atoms with Crippen molar-refractivity contribution in [2.24, 2.45) is 0 Å². The molecule has 0 N–H and O–H groups in total. The third kappa shape index (κ3) is 3.21. The molecule has 3 aromatic heterocycles. The largest absolute Gasteiger partial charge is 0.309 e. The van der Waals surface area contributed by atoms with E-state index in [0.29, 0.717) is 0 Å². The summed E-state index contributed by atoms with van der Waals surface area (Å²) in [5.41, 5.74) is 7.64. The van der Waals surface area contributed by atoms with E-state index in [2.05, 4.69) is 126 Å². The van der Waals surface area contributed by atoms with E-state index >= 15 is 0 Å². The normalized spacial score (nSPS) is 11.7. The maximum Gasteiger partial charge on any atom is 0.160 e. The Bertz CT molecular complexity index is 2070. The number of fused-ring (bicyclic) bond motifs is 6. The molecule has 3 heterocycles. The van der Waals surface area contributed by atoms with Gasteiger partial charge in [-0.15, -0.1) is 11.3 Å². The summed E-state index contributed by atoms with van der Waals surface area (Å²) in [6.07, 6.45) is 0. The molecule has 0 radical (unpaired) electrons. The minimum atomic E-state index is 0.744. The van der Waals surface area contributed by atoms with Crippen molar-refractivity contribution in [2.75, 3.05) is 0 Å². The van der Waals surface area contributed by atoms with Crippen LogP contribution in [0, 0.1) is 0 Å². The zero-order valence-electron chi connectivity index (χ0n) is 20.4. The number of thiophene rings is 1. The van der Waals surface area contributed by atoms with Crippen molar-refractivity contribution < 1.29 is 0 Å². The first kappa shape index (κ1) is 21.3. The van der Waals surface area contributed by atoms with Crippen molar-refractivity contribution in [1.82, 2.24) is 14.5 Å². The molecule has 3 nitrogen and oxygen atoms in total. The number of para-hydroxylation sites is 2. The molecule has 0 aliphatic heterocycles. The van der Waals surface area contributed by atoms with Crippen LogP contribution in [0.1, 0.15) is 0 Å². The molecule has 0 amide bonds. The predicted octanol–water partition coefficient (Wildman–Crippen LogP) is 9.28. The topological polar surface area (TPSA) is 30.7 Å². The molecule has 0 saturated carbocycles. The molecule has 8 aromatic rings. The SMILES string of the molecule is c1ccc(-c2nc(-c3ccc(-n4c5ccccc5c5ccccc54)cc3)nc3c2sc2ccccc23)cc1. The Hall–Kier alpha value is -4.80. The maximum atomic E-state index is 5.12. The van der Waals surface area contributed by atoms with Crippen molar-refractivity contribution in [2.45, 2.75) is 0 Å². The molecule has 0 unspecified atom stereocenters. The van der Waals surface area contributed by atoms with Gasteiger partial charge in [-0.1, -0.05) is 84.9 Å². The van der Waals surface area contributed by atoms with Crippen LogP contribution in [0.25, 0.3) is 70.4 Å². The van der Waals surface area contributed by atoms with Gasteiger partial charge in [-0.2, -0.15) is 0 Å². The average Bonchev–Trinajstić information content (AvgIpc) is 3.53. The molecule has 38 heavy (non-hydrogen) atoms. The molecule has 0 aliphatic rings. The molecule has 5 aromatic carbocycles. The third-order valence-electron chi connectivity index (χ3n) is 7.23. The van der Waals surface area contributed by atoms with Gasteiger partial charge in [-0.3, -0.25) is 0 Å². The first-order valence-corrected chi connectivity index (χ1v) is 13.5. The minimum absolute atomic E-state index is 0.744. The molecule has 4 heteroatoms. The first-order chi connectivity index (χ1) is 18.8. The molecular weight excluding hydrogens is 482 g/mol. The molecule has 0 bridgehead atoms. The lowest BCUT2D eigenvalue weighted by atomic mass is 10.1. The number of hydrogen-bond donors (Lipinski definition) is 0. The Morgan fingerprint density at radius 1 is 0.500 bits per heavy atom. The van der Waals surface area contributed by atoms with E-state index in [1.165, 1.54) is 31.9 Å². The smallest absolute Gasteiger partial charge is 0.160 e. The van der Waals surface area contributed by atoms with Crippen LogP contribution in [0.4, 0.5) is 0 Å². The highest BCUT2D eigenvalue weighted by Gasteiger charge is 2.17. The summed E-state index contributed by atoms with van der Waals surface area (Å²) in [6, 6.07) is 44.7. The standard InChI is InChI=1S/C34H21N3S/c1-2-10-22(11-3-1)31-33-32(27-14-6-9-17-30(27)38-33)36-34(35-31)23-18-20-24(21-19-23)37-28-15-7-4-12-25(28)26-13-5-8-16-29(26)37/h1-21H. The predicted molar refractivity (Wildman–Crippen MR) is 160 cm³/mol. The lowest BCUT2D eigenvalue weighted by Gasteiger charge is -2.10. The number of benzene rings is 5. The highest BCUT2D eigenvalue weighted by Crippen LogP contribution is 2.39. The molecule has 0 atom stereocenters. The molecule has 0 saturated heterocycles. The summed E-state index contributed by atoms with van der Waals surface area (Å²) >= 11 is 1.76. The van der Waals surface area contributed by atoms with Gasteiger partial charge in [-0.25, -0.2) is 9.97 Å². The fraction of sp³-hybridized carbons (Fsp3) is 0. The van der Waals surface area contributed by atoms with Gasteiger partial charge in [0, 0.05) is 37.7 Å². The molecule has 8 rings (SSSR count).